The van der Waals surface area contributed by atoms with Crippen LogP contribution in [0.2, 0.25) is 0 Å². The van der Waals surface area contributed by atoms with Crippen molar-refractivity contribution in [2.24, 2.45) is 11.7 Å². The summed E-state index contributed by atoms with van der Waals surface area (Å²) in [6.07, 6.45) is -3.50. The fourth-order valence-electron chi connectivity index (χ4n) is 2.57. The highest BCUT2D eigenvalue weighted by molar-refractivity contribution is 7.14. The molecule has 1 aliphatic heterocycles. The number of amides is 2. The largest absolute Gasteiger partial charge is 0.393 e. The highest BCUT2D eigenvalue weighted by Crippen LogP contribution is 2.33. The second-order valence-corrected chi connectivity index (χ2v) is 6.42. The number of likely N-dealkylation sites (tertiary alicyclic amines) is 1. The third-order valence-corrected chi connectivity index (χ3v) is 4.64. The van der Waals surface area contributed by atoms with E-state index in [2.05, 4.69) is 5.32 Å². The Hall–Kier alpha value is -1.61. The summed E-state index contributed by atoms with van der Waals surface area (Å²) in [6.45, 7) is 0.753. The first-order valence-corrected chi connectivity index (χ1v) is 8.11. The molecule has 1 aliphatic rings. The molecule has 128 valence electrons. The molecule has 9 heteroatoms. The number of hydrogen-bond donors (Lipinski definition) is 2. The van der Waals surface area contributed by atoms with Crippen LogP contribution in [0, 0.1) is 5.92 Å². The fraction of sp³-hybridized carbons (Fsp3) is 0.571. The number of nitrogens with one attached hydrogen (secondary N) is 1. The number of halogens is 3. The lowest BCUT2D eigenvalue weighted by Gasteiger charge is -2.33. The maximum atomic E-state index is 12.7. The molecular weight excluding hydrogens is 331 g/mol. The molecule has 2 heterocycles. The van der Waals surface area contributed by atoms with Crippen LogP contribution in [0.1, 0.15) is 29.6 Å². The molecule has 0 unspecified atom stereocenters. The molecule has 1 aromatic heterocycles. The highest BCUT2D eigenvalue weighted by Gasteiger charge is 2.41. The van der Waals surface area contributed by atoms with E-state index in [-0.39, 0.29) is 37.4 Å². The van der Waals surface area contributed by atoms with Gasteiger partial charge in [0.1, 0.15) is 5.00 Å². The number of carbonyl (C=O) groups is 2. The highest BCUT2D eigenvalue weighted by atomic mass is 32.1. The third kappa shape index (κ3) is 4.93. The Morgan fingerprint density at radius 1 is 1.43 bits per heavy atom. The average molecular weight is 349 g/mol. The van der Waals surface area contributed by atoms with Crippen molar-refractivity contribution in [1.29, 1.82) is 0 Å². The zero-order chi connectivity index (χ0) is 17.0. The first kappa shape index (κ1) is 17.7. The van der Waals surface area contributed by atoms with Crippen LogP contribution in [0.4, 0.5) is 18.2 Å². The monoisotopic (exact) mass is 349 g/mol. The molecule has 0 spiro atoms. The van der Waals surface area contributed by atoms with E-state index in [1.807, 2.05) is 0 Å². The van der Waals surface area contributed by atoms with E-state index in [0.717, 1.165) is 0 Å². The maximum Gasteiger partial charge on any atom is 0.393 e. The molecule has 0 aliphatic carbocycles. The summed E-state index contributed by atoms with van der Waals surface area (Å²) in [5.41, 5.74) is 5.42. The fourth-order valence-corrected chi connectivity index (χ4v) is 3.38. The minimum atomic E-state index is -4.19. The molecule has 0 saturated carbocycles. The van der Waals surface area contributed by atoms with Gasteiger partial charge < -0.3 is 16.0 Å². The molecule has 23 heavy (non-hydrogen) atoms. The van der Waals surface area contributed by atoms with Crippen LogP contribution in [0.15, 0.2) is 11.4 Å². The second kappa shape index (κ2) is 7.31. The lowest BCUT2D eigenvalue weighted by molar-refractivity contribution is -0.186. The molecule has 0 aromatic carbocycles. The molecule has 2 amide bonds. The van der Waals surface area contributed by atoms with Crippen LogP contribution in [-0.2, 0) is 4.79 Å². The minimum Gasteiger partial charge on any atom is -0.366 e. The molecule has 5 nitrogen and oxygen atoms in total. The summed E-state index contributed by atoms with van der Waals surface area (Å²) in [5, 5.41) is 4.59. The Bertz CT molecular complexity index is 574. The maximum absolute atomic E-state index is 12.7. The van der Waals surface area contributed by atoms with Gasteiger partial charge in [-0.1, -0.05) is 0 Å². The van der Waals surface area contributed by atoms with Crippen LogP contribution >= 0.6 is 11.3 Å². The van der Waals surface area contributed by atoms with Crippen molar-refractivity contribution in [3.8, 4) is 0 Å². The van der Waals surface area contributed by atoms with Crippen molar-refractivity contribution in [1.82, 2.24) is 4.90 Å². The van der Waals surface area contributed by atoms with E-state index in [4.69, 9.17) is 5.73 Å². The first-order valence-electron chi connectivity index (χ1n) is 7.23. The first-order chi connectivity index (χ1) is 10.8. The lowest BCUT2D eigenvalue weighted by Crippen LogP contribution is -2.42. The van der Waals surface area contributed by atoms with Gasteiger partial charge in [-0.05, 0) is 30.8 Å². The summed E-state index contributed by atoms with van der Waals surface area (Å²) in [6, 6.07) is 1.52. The molecule has 0 bridgehead atoms. The van der Waals surface area contributed by atoms with Crippen molar-refractivity contribution < 1.29 is 22.8 Å². The van der Waals surface area contributed by atoms with Crippen molar-refractivity contribution in [3.63, 3.8) is 0 Å². The van der Waals surface area contributed by atoms with Gasteiger partial charge in [-0.25, -0.2) is 0 Å². The van der Waals surface area contributed by atoms with Gasteiger partial charge in [0.05, 0.1) is 11.5 Å². The third-order valence-electron chi connectivity index (χ3n) is 3.81. The second-order valence-electron chi connectivity index (χ2n) is 5.51. The number of anilines is 1. The van der Waals surface area contributed by atoms with E-state index in [1.54, 1.807) is 10.3 Å². The van der Waals surface area contributed by atoms with Gasteiger partial charge in [-0.2, -0.15) is 13.2 Å². The number of nitrogens with zero attached hydrogens (tertiary/aromatic N) is 1. The normalized spacial score (nSPS) is 19.5. The zero-order valence-electron chi connectivity index (χ0n) is 12.4. The molecule has 1 aromatic rings. The number of nitrogens with two attached hydrogens (primary N) is 1. The van der Waals surface area contributed by atoms with Gasteiger partial charge in [-0.15, -0.1) is 11.3 Å². The van der Waals surface area contributed by atoms with Gasteiger partial charge in [0.2, 0.25) is 5.91 Å². The number of alkyl halides is 3. The Morgan fingerprint density at radius 3 is 2.83 bits per heavy atom. The van der Waals surface area contributed by atoms with Gasteiger partial charge in [0.15, 0.2) is 0 Å². The summed E-state index contributed by atoms with van der Waals surface area (Å²) in [5.74, 6) is -2.30. The van der Waals surface area contributed by atoms with E-state index in [9.17, 15) is 22.8 Å². The molecule has 1 atom stereocenters. The van der Waals surface area contributed by atoms with Crippen molar-refractivity contribution in [2.75, 3.05) is 25.0 Å². The SMILES string of the molecule is NC(=O)c1ccsc1NC(=O)CCN1CCC[C@H](C(F)(F)F)C1. The summed E-state index contributed by atoms with van der Waals surface area (Å²) >= 11 is 1.18. The summed E-state index contributed by atoms with van der Waals surface area (Å²) in [4.78, 5) is 24.7. The van der Waals surface area contributed by atoms with E-state index >= 15 is 0 Å². The predicted molar refractivity (Wildman–Crippen MR) is 81.3 cm³/mol. The van der Waals surface area contributed by atoms with Crippen LogP contribution in [0.25, 0.3) is 0 Å². The molecule has 1 saturated heterocycles. The average Bonchev–Trinajstić information content (AvgIpc) is 2.93. The smallest absolute Gasteiger partial charge is 0.366 e. The molecular formula is C14H18F3N3O2S. The quantitative estimate of drug-likeness (QED) is 0.857. The minimum absolute atomic E-state index is 0.0671. The number of thiophene rings is 1. The van der Waals surface area contributed by atoms with E-state index in [1.165, 1.54) is 17.4 Å². The number of carbonyl (C=O) groups excluding carboxylic acids is 2. The topological polar surface area (TPSA) is 75.4 Å². The molecule has 2 rings (SSSR count). The standard InChI is InChI=1S/C14H18F3N3O2S/c15-14(16,17)9-2-1-5-20(8-9)6-3-11(21)19-13-10(12(18)22)4-7-23-13/h4,7,9H,1-3,5-6,8H2,(H2,18,22)(H,19,21)/t9-/m0/s1. The summed E-state index contributed by atoms with van der Waals surface area (Å²) in [7, 11) is 0. The van der Waals surface area contributed by atoms with Crippen molar-refractivity contribution >= 4 is 28.2 Å². The zero-order valence-corrected chi connectivity index (χ0v) is 13.2. The number of piperidine rings is 1. The van der Waals surface area contributed by atoms with Crippen LogP contribution in [-0.4, -0.2) is 42.5 Å². The Kier molecular flexibility index (Phi) is 5.64. The number of hydrogen-bond acceptors (Lipinski definition) is 4. The Labute approximate surface area is 135 Å². The predicted octanol–water partition coefficient (Wildman–Crippen LogP) is 2.45. The van der Waals surface area contributed by atoms with Crippen molar-refractivity contribution in [2.45, 2.75) is 25.4 Å². The molecule has 3 N–H and O–H groups in total. The lowest BCUT2D eigenvalue weighted by atomic mass is 9.97. The van der Waals surface area contributed by atoms with E-state index in [0.29, 0.717) is 18.0 Å². The van der Waals surface area contributed by atoms with Gasteiger partial charge in [-0.3, -0.25) is 9.59 Å². The van der Waals surface area contributed by atoms with Gasteiger partial charge >= 0.3 is 6.18 Å². The molecule has 0 radical (unpaired) electrons. The van der Waals surface area contributed by atoms with Crippen molar-refractivity contribution in [3.05, 3.63) is 17.0 Å². The van der Waals surface area contributed by atoms with Gasteiger partial charge in [0, 0.05) is 19.5 Å². The van der Waals surface area contributed by atoms with Crippen LogP contribution < -0.4 is 11.1 Å². The Balaban J connectivity index is 1.82. The van der Waals surface area contributed by atoms with Crippen LogP contribution in [0.3, 0.4) is 0 Å². The number of primary amides is 1. The summed E-state index contributed by atoms with van der Waals surface area (Å²) < 4.78 is 38.2. The number of rotatable bonds is 5. The molecule has 1 fully saturated rings. The Morgan fingerprint density at radius 2 is 2.17 bits per heavy atom. The van der Waals surface area contributed by atoms with Gasteiger partial charge in [0.25, 0.3) is 5.91 Å². The van der Waals surface area contributed by atoms with Crippen LogP contribution in [0.5, 0.6) is 0 Å². The van der Waals surface area contributed by atoms with E-state index < -0.39 is 18.0 Å².